The Bertz CT molecular complexity index is 1500. The Morgan fingerprint density at radius 1 is 0.296 bits per heavy atom. The van der Waals surface area contributed by atoms with E-state index in [1.807, 2.05) is 12.2 Å². The highest BCUT2D eigenvalue weighted by Gasteiger charge is 2.19. The predicted octanol–water partition coefficient (Wildman–Crippen LogP) is 19.6. The van der Waals surface area contributed by atoms with E-state index in [2.05, 4.69) is 130 Å². The molecule has 0 saturated carbocycles. The van der Waals surface area contributed by atoms with E-state index in [0.29, 0.717) is 19.3 Å². The lowest BCUT2D eigenvalue weighted by Gasteiger charge is -2.18. The van der Waals surface area contributed by atoms with E-state index in [-0.39, 0.29) is 31.6 Å². The highest BCUT2D eigenvalue weighted by Crippen LogP contribution is 2.15. The summed E-state index contributed by atoms with van der Waals surface area (Å²) in [5, 5.41) is 0. The van der Waals surface area contributed by atoms with E-state index in [9.17, 15) is 14.4 Å². The number of unbranched alkanes of at least 4 members (excludes halogenated alkanes) is 20. The average Bonchev–Trinajstić information content (AvgIpc) is 3.37. The van der Waals surface area contributed by atoms with Gasteiger partial charge < -0.3 is 14.2 Å². The second kappa shape index (κ2) is 58.4. The lowest BCUT2D eigenvalue weighted by atomic mass is 10.0. The number of hydrogen-bond donors (Lipinski definition) is 0. The van der Waals surface area contributed by atoms with Crippen LogP contribution in [0.25, 0.3) is 0 Å². The average molecular weight is 984 g/mol. The molecular formula is C65H106O6. The molecule has 0 spiro atoms. The first kappa shape index (κ1) is 66.8. The van der Waals surface area contributed by atoms with Gasteiger partial charge >= 0.3 is 17.9 Å². The zero-order valence-electron chi connectivity index (χ0n) is 45.9. The summed E-state index contributed by atoms with van der Waals surface area (Å²) in [5.41, 5.74) is 0. The van der Waals surface area contributed by atoms with Crippen molar-refractivity contribution in [1.29, 1.82) is 0 Å². The minimum atomic E-state index is -0.820. The summed E-state index contributed by atoms with van der Waals surface area (Å²) < 4.78 is 16.7. The first-order chi connectivity index (χ1) is 35.0. The van der Waals surface area contributed by atoms with Crippen LogP contribution in [0.3, 0.4) is 0 Å². The summed E-state index contributed by atoms with van der Waals surface area (Å²) in [6.07, 6.45) is 80.7. The molecule has 0 aromatic heterocycles. The Labute approximate surface area is 437 Å². The molecule has 0 rings (SSSR count). The Morgan fingerprint density at radius 3 is 0.915 bits per heavy atom. The summed E-state index contributed by atoms with van der Waals surface area (Å²) in [7, 11) is 0. The van der Waals surface area contributed by atoms with E-state index >= 15 is 0 Å². The van der Waals surface area contributed by atoms with E-state index in [0.717, 1.165) is 103 Å². The first-order valence-electron chi connectivity index (χ1n) is 29.0. The van der Waals surface area contributed by atoms with Gasteiger partial charge in [0.15, 0.2) is 6.10 Å². The Kier molecular flexibility index (Phi) is 54.9. The molecule has 0 radical (unpaired) electrons. The Morgan fingerprint density at radius 2 is 0.577 bits per heavy atom. The van der Waals surface area contributed by atoms with Gasteiger partial charge in [-0.15, -0.1) is 0 Å². The van der Waals surface area contributed by atoms with Crippen LogP contribution < -0.4 is 0 Å². The third-order valence-electron chi connectivity index (χ3n) is 12.0. The van der Waals surface area contributed by atoms with Crippen molar-refractivity contribution in [2.24, 2.45) is 0 Å². The molecule has 0 aliphatic heterocycles. The Balaban J connectivity index is 4.34. The molecule has 0 aliphatic rings. The number of allylic oxidation sites excluding steroid dienone is 20. The quantitative estimate of drug-likeness (QED) is 0.0261. The van der Waals surface area contributed by atoms with E-state index in [4.69, 9.17) is 14.2 Å². The zero-order chi connectivity index (χ0) is 51.4. The van der Waals surface area contributed by atoms with Gasteiger partial charge in [0.25, 0.3) is 0 Å². The highest BCUT2D eigenvalue weighted by atomic mass is 16.6. The monoisotopic (exact) mass is 983 g/mol. The number of esters is 3. The van der Waals surface area contributed by atoms with Crippen LogP contribution in [-0.4, -0.2) is 37.2 Å². The third kappa shape index (κ3) is 56.6. The fourth-order valence-electron chi connectivity index (χ4n) is 7.69. The van der Waals surface area contributed by atoms with Gasteiger partial charge in [-0.1, -0.05) is 258 Å². The maximum absolute atomic E-state index is 12.8. The van der Waals surface area contributed by atoms with Crippen molar-refractivity contribution >= 4 is 17.9 Å². The van der Waals surface area contributed by atoms with E-state index in [1.54, 1.807) is 0 Å². The smallest absolute Gasteiger partial charge is 0.306 e. The molecule has 0 aliphatic carbocycles. The van der Waals surface area contributed by atoms with Crippen molar-refractivity contribution in [3.63, 3.8) is 0 Å². The number of ether oxygens (including phenoxy) is 3. The molecule has 6 nitrogen and oxygen atoms in total. The van der Waals surface area contributed by atoms with Gasteiger partial charge in [-0.2, -0.15) is 0 Å². The largest absolute Gasteiger partial charge is 0.462 e. The molecule has 0 aromatic rings. The SMILES string of the molecule is CC/C=C\C/C=C\C/C=C\C/C=C\C/C=C\C/C=C\CCC(=O)OC(COC(=O)CCCCCCCCCCC)COC(=O)CCCCCCCCCCCCCC/C=C\C/C=C\C/C=C\C/C=C\CC. The second-order valence-electron chi connectivity index (χ2n) is 18.8. The molecule has 6 heteroatoms. The highest BCUT2D eigenvalue weighted by molar-refractivity contribution is 5.71. The topological polar surface area (TPSA) is 78.9 Å². The van der Waals surface area contributed by atoms with Gasteiger partial charge in [0.2, 0.25) is 0 Å². The molecule has 1 unspecified atom stereocenters. The first-order valence-corrected chi connectivity index (χ1v) is 29.0. The van der Waals surface area contributed by atoms with Crippen LogP contribution in [0, 0.1) is 0 Å². The molecule has 0 saturated heterocycles. The van der Waals surface area contributed by atoms with Crippen molar-refractivity contribution in [2.45, 2.75) is 258 Å². The van der Waals surface area contributed by atoms with Crippen LogP contribution in [0.1, 0.15) is 252 Å². The van der Waals surface area contributed by atoms with Gasteiger partial charge in [-0.25, -0.2) is 0 Å². The molecule has 0 N–H and O–H groups in total. The molecule has 0 heterocycles. The summed E-state index contributed by atoms with van der Waals surface area (Å²) in [4.78, 5) is 38.0. The fraction of sp³-hybridized carbons (Fsp3) is 0.646. The number of hydrogen-bond acceptors (Lipinski definition) is 6. The van der Waals surface area contributed by atoms with Gasteiger partial charge in [0, 0.05) is 19.3 Å². The maximum Gasteiger partial charge on any atom is 0.306 e. The zero-order valence-corrected chi connectivity index (χ0v) is 45.9. The summed E-state index contributed by atoms with van der Waals surface area (Å²) in [6.45, 7) is 6.33. The standard InChI is InChI=1S/C65H106O6/c1-4-7-10-13-16-19-21-23-25-27-29-30-31-32-33-34-36-37-39-41-43-46-49-52-55-58-64(67)70-61-62(60-69-63(66)57-54-51-48-45-18-15-12-9-6-3)71-65(68)59-56-53-50-47-44-42-40-38-35-28-26-24-22-20-17-14-11-8-5-2/h7-8,10-11,16-17,19-20,23-26,29-30,35,38,42,44,50,53,62H,4-6,9,12-15,18,21-22,27-28,31-34,36-37,39-41,43,45-49,51-52,54-61H2,1-3H3/b10-7-,11-8-,19-16-,20-17-,25-23-,26-24-,30-29-,38-35-,44-42-,53-50-. The molecule has 0 fully saturated rings. The normalized spacial score (nSPS) is 13.0. The van der Waals surface area contributed by atoms with Crippen LogP contribution in [0.2, 0.25) is 0 Å². The van der Waals surface area contributed by atoms with Gasteiger partial charge in [-0.05, 0) is 96.3 Å². The van der Waals surface area contributed by atoms with Crippen LogP contribution in [0.5, 0.6) is 0 Å². The van der Waals surface area contributed by atoms with Gasteiger partial charge in [0.1, 0.15) is 13.2 Å². The van der Waals surface area contributed by atoms with Crippen molar-refractivity contribution in [3.8, 4) is 0 Å². The van der Waals surface area contributed by atoms with E-state index < -0.39 is 12.1 Å². The van der Waals surface area contributed by atoms with Crippen molar-refractivity contribution in [2.75, 3.05) is 13.2 Å². The van der Waals surface area contributed by atoms with Crippen molar-refractivity contribution in [1.82, 2.24) is 0 Å². The van der Waals surface area contributed by atoms with Crippen LogP contribution >= 0.6 is 0 Å². The third-order valence-corrected chi connectivity index (χ3v) is 12.0. The molecule has 0 aromatic carbocycles. The predicted molar refractivity (Wildman–Crippen MR) is 306 cm³/mol. The number of rotatable bonds is 51. The van der Waals surface area contributed by atoms with Gasteiger partial charge in [-0.3, -0.25) is 14.4 Å². The molecule has 1 atom stereocenters. The molecule has 0 amide bonds. The summed E-state index contributed by atoms with van der Waals surface area (Å²) >= 11 is 0. The minimum Gasteiger partial charge on any atom is -0.462 e. The molecular weight excluding hydrogens is 877 g/mol. The van der Waals surface area contributed by atoms with Crippen LogP contribution in [-0.2, 0) is 28.6 Å². The molecule has 71 heavy (non-hydrogen) atoms. The van der Waals surface area contributed by atoms with Crippen molar-refractivity contribution in [3.05, 3.63) is 122 Å². The maximum atomic E-state index is 12.8. The lowest BCUT2D eigenvalue weighted by molar-refractivity contribution is -0.166. The lowest BCUT2D eigenvalue weighted by Crippen LogP contribution is -2.30. The van der Waals surface area contributed by atoms with Crippen LogP contribution in [0.4, 0.5) is 0 Å². The summed E-state index contributed by atoms with van der Waals surface area (Å²) in [6, 6.07) is 0. The summed E-state index contributed by atoms with van der Waals surface area (Å²) in [5.74, 6) is -1.000. The minimum absolute atomic E-state index is 0.109. The molecule has 0 bridgehead atoms. The van der Waals surface area contributed by atoms with Crippen molar-refractivity contribution < 1.29 is 28.6 Å². The molecule has 402 valence electrons. The van der Waals surface area contributed by atoms with E-state index in [1.165, 1.54) is 103 Å². The number of carbonyl (C=O) groups is 3. The van der Waals surface area contributed by atoms with Crippen LogP contribution in [0.15, 0.2) is 122 Å². The Hall–Kier alpha value is -4.19. The number of carbonyl (C=O) groups excluding carboxylic acids is 3. The van der Waals surface area contributed by atoms with Gasteiger partial charge in [0.05, 0.1) is 0 Å². The fourth-order valence-corrected chi connectivity index (χ4v) is 7.69. The second-order valence-corrected chi connectivity index (χ2v) is 18.8.